The summed E-state index contributed by atoms with van der Waals surface area (Å²) >= 11 is 0. The van der Waals surface area contributed by atoms with E-state index in [1.165, 1.54) is 0 Å². The van der Waals surface area contributed by atoms with Crippen molar-refractivity contribution in [2.24, 2.45) is 11.1 Å². The van der Waals surface area contributed by atoms with Crippen molar-refractivity contribution in [1.82, 2.24) is 5.32 Å². The number of carbonyl (C=O) groups is 1. The summed E-state index contributed by atoms with van der Waals surface area (Å²) in [4.78, 5) is 11.4. The van der Waals surface area contributed by atoms with Gasteiger partial charge in [-0.2, -0.15) is 0 Å². The average molecular weight is 294 g/mol. The number of rotatable bonds is 8. The van der Waals surface area contributed by atoms with Crippen LogP contribution in [-0.4, -0.2) is 26.7 Å². The number of nitrogens with two attached hydrogens (primary N) is 1. The van der Waals surface area contributed by atoms with Crippen LogP contribution >= 0.6 is 0 Å². The molecule has 0 radical (unpaired) electrons. The molecule has 3 N–H and O–H groups in total. The molecule has 0 saturated carbocycles. The molecule has 1 aromatic rings. The van der Waals surface area contributed by atoms with Crippen molar-refractivity contribution in [3.8, 4) is 11.5 Å². The van der Waals surface area contributed by atoms with Crippen LogP contribution < -0.4 is 20.5 Å². The molecule has 0 fully saturated rings. The van der Waals surface area contributed by atoms with E-state index in [4.69, 9.17) is 15.2 Å². The van der Waals surface area contributed by atoms with Gasteiger partial charge in [0.2, 0.25) is 5.91 Å². The summed E-state index contributed by atoms with van der Waals surface area (Å²) in [6.07, 6.45) is 0.893. The van der Waals surface area contributed by atoms with Crippen molar-refractivity contribution in [2.75, 3.05) is 20.8 Å². The lowest BCUT2D eigenvalue weighted by Crippen LogP contribution is -2.41. The third kappa shape index (κ3) is 4.36. The fourth-order valence-electron chi connectivity index (χ4n) is 2.03. The van der Waals surface area contributed by atoms with Crippen LogP contribution in [0.2, 0.25) is 0 Å². The summed E-state index contributed by atoms with van der Waals surface area (Å²) in [5.41, 5.74) is 5.92. The van der Waals surface area contributed by atoms with E-state index in [-0.39, 0.29) is 11.9 Å². The molecular weight excluding hydrogens is 268 g/mol. The fourth-order valence-corrected chi connectivity index (χ4v) is 2.03. The van der Waals surface area contributed by atoms with E-state index in [2.05, 4.69) is 12.2 Å². The molecule has 1 unspecified atom stereocenters. The lowest BCUT2D eigenvalue weighted by atomic mass is 9.91. The van der Waals surface area contributed by atoms with E-state index in [0.717, 1.165) is 12.0 Å². The molecule has 0 bridgehead atoms. The minimum absolute atomic E-state index is 0.128. The molecule has 5 heteroatoms. The van der Waals surface area contributed by atoms with Gasteiger partial charge in [0, 0.05) is 12.6 Å². The Balaban J connectivity index is 2.88. The second kappa shape index (κ2) is 7.31. The highest BCUT2D eigenvalue weighted by Gasteiger charge is 2.26. The zero-order chi connectivity index (χ0) is 16.0. The number of hydrogen-bond donors (Lipinski definition) is 2. The molecule has 0 aromatic heterocycles. The summed E-state index contributed by atoms with van der Waals surface area (Å²) < 4.78 is 10.6. The molecular formula is C16H26N2O3. The van der Waals surface area contributed by atoms with Gasteiger partial charge in [0.15, 0.2) is 11.5 Å². The number of ether oxygens (including phenoxy) is 2. The van der Waals surface area contributed by atoms with E-state index in [1.807, 2.05) is 32.0 Å². The topological polar surface area (TPSA) is 73.6 Å². The summed E-state index contributed by atoms with van der Waals surface area (Å²) in [6, 6.07) is 5.97. The van der Waals surface area contributed by atoms with Crippen molar-refractivity contribution in [1.29, 1.82) is 0 Å². The zero-order valence-electron chi connectivity index (χ0n) is 13.5. The Kier molecular flexibility index (Phi) is 6.03. The SMILES string of the molecule is CCC(NCC(C)(C)C(N)=O)c1ccc(OC)c(OC)c1. The van der Waals surface area contributed by atoms with Crippen LogP contribution in [0.15, 0.2) is 18.2 Å². The van der Waals surface area contributed by atoms with Crippen LogP contribution in [-0.2, 0) is 4.79 Å². The molecule has 118 valence electrons. The Hall–Kier alpha value is -1.75. The third-order valence-electron chi connectivity index (χ3n) is 3.68. The van der Waals surface area contributed by atoms with Gasteiger partial charge in [0.1, 0.15) is 0 Å². The van der Waals surface area contributed by atoms with Gasteiger partial charge >= 0.3 is 0 Å². The first-order chi connectivity index (χ1) is 9.85. The lowest BCUT2D eigenvalue weighted by Gasteiger charge is -2.26. The van der Waals surface area contributed by atoms with Crippen LogP contribution in [0.5, 0.6) is 11.5 Å². The molecule has 1 aromatic carbocycles. The second-order valence-corrected chi connectivity index (χ2v) is 5.70. The first kappa shape index (κ1) is 17.3. The summed E-state index contributed by atoms with van der Waals surface area (Å²) in [7, 11) is 3.23. The third-order valence-corrected chi connectivity index (χ3v) is 3.68. The van der Waals surface area contributed by atoms with Crippen LogP contribution in [0, 0.1) is 5.41 Å². The highest BCUT2D eigenvalue weighted by molar-refractivity contribution is 5.80. The first-order valence-electron chi connectivity index (χ1n) is 7.11. The first-order valence-corrected chi connectivity index (χ1v) is 7.11. The van der Waals surface area contributed by atoms with Gasteiger partial charge in [-0.1, -0.05) is 13.0 Å². The van der Waals surface area contributed by atoms with E-state index in [0.29, 0.717) is 18.0 Å². The van der Waals surface area contributed by atoms with Crippen molar-refractivity contribution in [3.05, 3.63) is 23.8 Å². The summed E-state index contributed by atoms with van der Waals surface area (Å²) in [5, 5.41) is 3.40. The van der Waals surface area contributed by atoms with E-state index in [1.54, 1.807) is 14.2 Å². The van der Waals surface area contributed by atoms with Gasteiger partial charge in [-0.05, 0) is 38.0 Å². The van der Waals surface area contributed by atoms with Gasteiger partial charge in [0.25, 0.3) is 0 Å². The molecule has 5 nitrogen and oxygen atoms in total. The van der Waals surface area contributed by atoms with Crippen LogP contribution in [0.4, 0.5) is 0 Å². The second-order valence-electron chi connectivity index (χ2n) is 5.70. The molecule has 0 heterocycles. The maximum Gasteiger partial charge on any atom is 0.224 e. The Morgan fingerprint density at radius 1 is 1.29 bits per heavy atom. The number of primary amides is 1. The van der Waals surface area contributed by atoms with E-state index in [9.17, 15) is 4.79 Å². The number of methoxy groups -OCH3 is 2. The number of nitrogens with one attached hydrogen (secondary N) is 1. The monoisotopic (exact) mass is 294 g/mol. The molecule has 21 heavy (non-hydrogen) atoms. The maximum atomic E-state index is 11.4. The molecule has 1 rings (SSSR count). The number of carbonyl (C=O) groups excluding carboxylic acids is 1. The summed E-state index contributed by atoms with van der Waals surface area (Å²) in [5.74, 6) is 1.09. The predicted octanol–water partition coefficient (Wildman–Crippen LogP) is 2.26. The quantitative estimate of drug-likeness (QED) is 0.771. The van der Waals surface area contributed by atoms with Gasteiger partial charge < -0.3 is 20.5 Å². The molecule has 0 aliphatic heterocycles. The van der Waals surface area contributed by atoms with Crippen molar-refractivity contribution in [3.63, 3.8) is 0 Å². The molecule has 0 spiro atoms. The van der Waals surface area contributed by atoms with E-state index < -0.39 is 5.41 Å². The lowest BCUT2D eigenvalue weighted by molar-refractivity contribution is -0.125. The van der Waals surface area contributed by atoms with Crippen LogP contribution in [0.3, 0.4) is 0 Å². The highest BCUT2D eigenvalue weighted by atomic mass is 16.5. The van der Waals surface area contributed by atoms with Gasteiger partial charge in [-0.3, -0.25) is 4.79 Å². The number of hydrogen-bond acceptors (Lipinski definition) is 4. The molecule has 0 saturated heterocycles. The predicted molar refractivity (Wildman–Crippen MR) is 83.6 cm³/mol. The Morgan fingerprint density at radius 3 is 2.38 bits per heavy atom. The largest absolute Gasteiger partial charge is 0.493 e. The van der Waals surface area contributed by atoms with Gasteiger partial charge in [0.05, 0.1) is 19.6 Å². The summed E-state index contributed by atoms with van der Waals surface area (Å²) in [6.45, 7) is 6.29. The van der Waals surface area contributed by atoms with Crippen molar-refractivity contribution in [2.45, 2.75) is 33.2 Å². The van der Waals surface area contributed by atoms with Crippen LogP contribution in [0.1, 0.15) is 38.8 Å². The maximum absolute atomic E-state index is 11.4. The average Bonchev–Trinajstić information content (AvgIpc) is 2.47. The molecule has 1 atom stereocenters. The smallest absolute Gasteiger partial charge is 0.224 e. The molecule has 1 amide bonds. The Morgan fingerprint density at radius 2 is 1.90 bits per heavy atom. The van der Waals surface area contributed by atoms with Crippen molar-refractivity contribution < 1.29 is 14.3 Å². The van der Waals surface area contributed by atoms with Crippen molar-refractivity contribution >= 4 is 5.91 Å². The fraction of sp³-hybridized carbons (Fsp3) is 0.562. The Labute approximate surface area is 126 Å². The zero-order valence-corrected chi connectivity index (χ0v) is 13.5. The minimum atomic E-state index is -0.579. The van der Waals surface area contributed by atoms with E-state index >= 15 is 0 Å². The molecule has 0 aliphatic rings. The standard InChI is InChI=1S/C16H26N2O3/c1-6-12(18-10-16(2,3)15(17)19)11-7-8-13(20-4)14(9-11)21-5/h7-9,12,18H,6,10H2,1-5H3,(H2,17,19). The van der Waals surface area contributed by atoms with Crippen LogP contribution in [0.25, 0.3) is 0 Å². The number of amides is 1. The molecule has 0 aliphatic carbocycles. The minimum Gasteiger partial charge on any atom is -0.493 e. The van der Waals surface area contributed by atoms with Gasteiger partial charge in [-0.15, -0.1) is 0 Å². The highest BCUT2D eigenvalue weighted by Crippen LogP contribution is 2.31. The number of benzene rings is 1. The Bertz CT molecular complexity index is 486. The van der Waals surface area contributed by atoms with Gasteiger partial charge in [-0.25, -0.2) is 0 Å². The normalized spacial score (nSPS) is 12.8.